The van der Waals surface area contributed by atoms with Crippen LogP contribution in [0.5, 0.6) is 0 Å². The van der Waals surface area contributed by atoms with Gasteiger partial charge in [-0.15, -0.1) is 0 Å². The molecular formula is C13H27N3O2. The van der Waals surface area contributed by atoms with Crippen LogP contribution in [0.25, 0.3) is 0 Å². The summed E-state index contributed by atoms with van der Waals surface area (Å²) in [5.41, 5.74) is 0. The van der Waals surface area contributed by atoms with Crippen molar-refractivity contribution >= 4 is 6.03 Å². The smallest absolute Gasteiger partial charge is 0.315 e. The summed E-state index contributed by atoms with van der Waals surface area (Å²) in [6.07, 6.45) is 4.45. The minimum atomic E-state index is -0.0234. The number of amides is 2. The number of rotatable bonds is 8. The molecule has 106 valence electrons. The van der Waals surface area contributed by atoms with Gasteiger partial charge in [0, 0.05) is 39.3 Å². The van der Waals surface area contributed by atoms with Gasteiger partial charge < -0.3 is 15.4 Å². The Bertz CT molecular complexity index is 236. The molecule has 18 heavy (non-hydrogen) atoms. The number of likely N-dealkylation sites (tertiary alicyclic amines) is 1. The maximum absolute atomic E-state index is 11.6. The maximum atomic E-state index is 11.6. The van der Waals surface area contributed by atoms with Gasteiger partial charge in [-0.2, -0.15) is 0 Å². The lowest BCUT2D eigenvalue weighted by molar-refractivity contribution is 0.159. The zero-order valence-corrected chi connectivity index (χ0v) is 11.7. The van der Waals surface area contributed by atoms with Gasteiger partial charge in [-0.3, -0.25) is 4.90 Å². The molecule has 1 heterocycles. The first-order valence-electron chi connectivity index (χ1n) is 7.02. The second-order valence-corrected chi connectivity index (χ2v) is 4.89. The van der Waals surface area contributed by atoms with E-state index in [0.717, 1.165) is 45.6 Å². The Kier molecular flexibility index (Phi) is 7.76. The summed E-state index contributed by atoms with van der Waals surface area (Å²) >= 11 is 0. The summed E-state index contributed by atoms with van der Waals surface area (Å²) in [6.45, 7) is 6.63. The van der Waals surface area contributed by atoms with Gasteiger partial charge in [0.2, 0.25) is 0 Å². The highest BCUT2D eigenvalue weighted by Gasteiger charge is 2.23. The highest BCUT2D eigenvalue weighted by Crippen LogP contribution is 2.08. The zero-order chi connectivity index (χ0) is 13.2. The Morgan fingerprint density at radius 2 is 2.28 bits per heavy atom. The minimum absolute atomic E-state index is 0.0234. The summed E-state index contributed by atoms with van der Waals surface area (Å²) < 4.78 is 5.05. The molecule has 0 aliphatic carbocycles. The van der Waals surface area contributed by atoms with Crippen molar-refractivity contribution in [2.24, 2.45) is 0 Å². The molecule has 0 radical (unpaired) electrons. The van der Waals surface area contributed by atoms with Crippen LogP contribution in [0, 0.1) is 0 Å². The van der Waals surface area contributed by atoms with E-state index in [1.807, 2.05) is 0 Å². The van der Waals surface area contributed by atoms with Gasteiger partial charge >= 0.3 is 6.03 Å². The van der Waals surface area contributed by atoms with Gasteiger partial charge in [-0.05, 0) is 12.8 Å². The van der Waals surface area contributed by atoms with Crippen molar-refractivity contribution < 1.29 is 9.53 Å². The summed E-state index contributed by atoms with van der Waals surface area (Å²) in [6, 6.07) is 0.262. The minimum Gasteiger partial charge on any atom is -0.383 e. The predicted molar refractivity (Wildman–Crippen MR) is 72.8 cm³/mol. The highest BCUT2D eigenvalue weighted by molar-refractivity contribution is 5.74. The molecule has 0 saturated carbocycles. The van der Waals surface area contributed by atoms with Gasteiger partial charge in [0.15, 0.2) is 0 Å². The van der Waals surface area contributed by atoms with Crippen LogP contribution < -0.4 is 10.6 Å². The van der Waals surface area contributed by atoms with E-state index in [2.05, 4.69) is 22.5 Å². The van der Waals surface area contributed by atoms with Gasteiger partial charge in [0.1, 0.15) is 0 Å². The van der Waals surface area contributed by atoms with E-state index in [1.165, 1.54) is 12.8 Å². The average Bonchev–Trinajstić information content (AvgIpc) is 2.80. The molecule has 1 fully saturated rings. The van der Waals surface area contributed by atoms with Crippen LogP contribution in [0.1, 0.15) is 32.6 Å². The fraction of sp³-hybridized carbons (Fsp3) is 0.923. The lowest BCUT2D eigenvalue weighted by Crippen LogP contribution is -2.43. The van der Waals surface area contributed by atoms with E-state index in [9.17, 15) is 4.79 Å². The monoisotopic (exact) mass is 257 g/mol. The number of methoxy groups -OCH3 is 1. The second kappa shape index (κ2) is 9.16. The molecule has 1 atom stereocenters. The Hall–Kier alpha value is -0.810. The summed E-state index contributed by atoms with van der Waals surface area (Å²) in [4.78, 5) is 13.9. The molecule has 0 aromatic heterocycles. The van der Waals surface area contributed by atoms with Crippen LogP contribution in [0.4, 0.5) is 4.79 Å². The van der Waals surface area contributed by atoms with E-state index in [1.54, 1.807) is 7.11 Å². The molecule has 1 saturated heterocycles. The van der Waals surface area contributed by atoms with Crippen molar-refractivity contribution in [2.45, 2.75) is 38.6 Å². The first-order chi connectivity index (χ1) is 8.76. The van der Waals surface area contributed by atoms with Crippen molar-refractivity contribution in [1.82, 2.24) is 15.5 Å². The van der Waals surface area contributed by atoms with E-state index >= 15 is 0 Å². The number of carbonyl (C=O) groups is 1. The number of nitrogens with one attached hydrogen (secondary N) is 2. The molecule has 0 aromatic rings. The van der Waals surface area contributed by atoms with Crippen LogP contribution in [-0.2, 0) is 4.74 Å². The molecule has 5 nitrogen and oxygen atoms in total. The van der Waals surface area contributed by atoms with Crippen LogP contribution >= 0.6 is 0 Å². The number of urea groups is 1. The van der Waals surface area contributed by atoms with Crippen molar-refractivity contribution in [3.8, 4) is 0 Å². The third kappa shape index (κ3) is 6.21. The van der Waals surface area contributed by atoms with E-state index in [4.69, 9.17) is 4.74 Å². The maximum Gasteiger partial charge on any atom is 0.315 e. The molecule has 1 aliphatic rings. The van der Waals surface area contributed by atoms with Crippen molar-refractivity contribution in [3.63, 3.8) is 0 Å². The number of hydrogen-bond donors (Lipinski definition) is 2. The number of hydrogen-bond acceptors (Lipinski definition) is 3. The van der Waals surface area contributed by atoms with Crippen LogP contribution in [0.15, 0.2) is 0 Å². The lowest BCUT2D eigenvalue weighted by atomic mass is 10.2. The highest BCUT2D eigenvalue weighted by atomic mass is 16.5. The molecule has 0 spiro atoms. The lowest BCUT2D eigenvalue weighted by Gasteiger charge is -2.16. The van der Waals surface area contributed by atoms with Gasteiger partial charge in [-0.1, -0.05) is 19.8 Å². The van der Waals surface area contributed by atoms with E-state index < -0.39 is 0 Å². The Balaban J connectivity index is 2.06. The van der Waals surface area contributed by atoms with Gasteiger partial charge in [0.25, 0.3) is 0 Å². The molecule has 5 heteroatoms. The van der Waals surface area contributed by atoms with Crippen LogP contribution in [0.2, 0.25) is 0 Å². The summed E-state index contributed by atoms with van der Waals surface area (Å²) in [7, 11) is 1.72. The average molecular weight is 257 g/mol. The predicted octanol–water partition coefficient (Wildman–Crippen LogP) is 1.20. The molecule has 2 N–H and O–H groups in total. The normalized spacial score (nSPS) is 20.0. The van der Waals surface area contributed by atoms with Gasteiger partial charge in [-0.25, -0.2) is 4.79 Å². The van der Waals surface area contributed by atoms with Gasteiger partial charge in [0.05, 0.1) is 6.61 Å². The Labute approximate surface area is 110 Å². The summed E-state index contributed by atoms with van der Waals surface area (Å²) in [5, 5.41) is 5.94. The quantitative estimate of drug-likeness (QED) is 0.642. The molecule has 0 bridgehead atoms. The first-order valence-corrected chi connectivity index (χ1v) is 7.02. The van der Waals surface area contributed by atoms with Crippen LogP contribution in [0.3, 0.4) is 0 Å². The third-order valence-corrected chi connectivity index (χ3v) is 3.29. The molecule has 2 amide bonds. The third-order valence-electron chi connectivity index (χ3n) is 3.29. The number of unbranched alkanes of at least 4 members (excludes halogenated alkanes) is 2. The van der Waals surface area contributed by atoms with Crippen LogP contribution in [-0.4, -0.2) is 56.9 Å². The standard InChI is InChI=1S/C13H27N3O2/c1-3-4-5-7-14-13(17)15-12-6-8-16(11-12)9-10-18-2/h12H,3-11H2,1-2H3,(H2,14,15,17). The summed E-state index contributed by atoms with van der Waals surface area (Å²) in [5.74, 6) is 0. The van der Waals surface area contributed by atoms with E-state index in [0.29, 0.717) is 0 Å². The SMILES string of the molecule is CCCCCNC(=O)NC1CCN(CCOC)C1. The molecular weight excluding hydrogens is 230 g/mol. The van der Waals surface area contributed by atoms with Crippen molar-refractivity contribution in [3.05, 3.63) is 0 Å². The molecule has 1 aliphatic heterocycles. The van der Waals surface area contributed by atoms with Crippen molar-refractivity contribution in [1.29, 1.82) is 0 Å². The molecule has 1 rings (SSSR count). The number of ether oxygens (including phenoxy) is 1. The fourth-order valence-electron chi connectivity index (χ4n) is 2.19. The first kappa shape index (κ1) is 15.2. The second-order valence-electron chi connectivity index (χ2n) is 4.89. The zero-order valence-electron chi connectivity index (χ0n) is 11.7. The molecule has 1 unspecified atom stereocenters. The van der Waals surface area contributed by atoms with Crippen molar-refractivity contribution in [2.75, 3.05) is 39.9 Å². The largest absolute Gasteiger partial charge is 0.383 e. The Morgan fingerprint density at radius 3 is 3.00 bits per heavy atom. The number of carbonyl (C=O) groups excluding carboxylic acids is 1. The van der Waals surface area contributed by atoms with E-state index in [-0.39, 0.29) is 12.1 Å². The topological polar surface area (TPSA) is 53.6 Å². The number of nitrogens with zero attached hydrogens (tertiary/aromatic N) is 1. The Morgan fingerprint density at radius 1 is 1.44 bits per heavy atom. The fourth-order valence-corrected chi connectivity index (χ4v) is 2.19. The molecule has 0 aromatic carbocycles.